The van der Waals surface area contributed by atoms with Gasteiger partial charge in [0.2, 0.25) is 0 Å². The third-order valence-corrected chi connectivity index (χ3v) is 7.60. The Balaban J connectivity index is 1.60. The molecule has 2 aromatic heterocycles. The zero-order valence-electron chi connectivity index (χ0n) is 19.6. The van der Waals surface area contributed by atoms with E-state index in [9.17, 15) is 13.5 Å². The molecule has 1 aliphatic heterocycles. The molecule has 3 aromatic rings. The maximum atomic E-state index is 11.9. The molecule has 0 bridgehead atoms. The molecule has 1 aliphatic rings. The average Bonchev–Trinajstić information content (AvgIpc) is 3.33. The fraction of sp³-hybridized carbons (Fsp3) is 0.423. The van der Waals surface area contributed by atoms with Crippen LogP contribution in [0.25, 0.3) is 11.4 Å². The van der Waals surface area contributed by atoms with E-state index in [1.807, 2.05) is 30.3 Å². The Kier molecular flexibility index (Phi) is 7.83. The number of aliphatic hydroxyl groups is 1. The standard InChI is InChI=1S/C26H32N2O5S/c1-32-17-26(29)20-5-8-24(27-16-20)25-10-9-23(28-25)22(15-18-11-13-33-14-12-18)19-3-6-21(7-4-19)34(2,30)31/h3-10,16,18,22,26,28-29H,11-15,17H2,1-2H3. The molecule has 1 aromatic carbocycles. The molecule has 2 atom stereocenters. The minimum absolute atomic E-state index is 0.105. The van der Waals surface area contributed by atoms with E-state index in [4.69, 9.17) is 9.47 Å². The zero-order chi connectivity index (χ0) is 24.1. The van der Waals surface area contributed by atoms with Crippen molar-refractivity contribution < 1.29 is 23.0 Å². The van der Waals surface area contributed by atoms with E-state index >= 15 is 0 Å². The summed E-state index contributed by atoms with van der Waals surface area (Å²) < 4.78 is 34.4. The zero-order valence-corrected chi connectivity index (χ0v) is 20.4. The van der Waals surface area contributed by atoms with Crippen molar-refractivity contribution >= 4 is 9.84 Å². The number of hydrogen-bond donors (Lipinski definition) is 2. The fourth-order valence-electron chi connectivity index (χ4n) is 4.49. The molecular formula is C26H32N2O5S. The molecular weight excluding hydrogens is 452 g/mol. The molecule has 3 heterocycles. The number of nitrogens with zero attached hydrogens (tertiary/aromatic N) is 1. The average molecular weight is 485 g/mol. The Morgan fingerprint density at radius 3 is 2.41 bits per heavy atom. The molecule has 0 radical (unpaired) electrons. The number of aromatic nitrogens is 2. The topological polar surface area (TPSA) is 102 Å². The van der Waals surface area contributed by atoms with Crippen LogP contribution in [-0.4, -0.2) is 56.7 Å². The number of rotatable bonds is 9. The van der Waals surface area contributed by atoms with Crippen molar-refractivity contribution in [3.05, 3.63) is 71.5 Å². The number of nitrogens with one attached hydrogen (secondary N) is 1. The normalized spacial score (nSPS) is 16.9. The van der Waals surface area contributed by atoms with Gasteiger partial charge in [-0.1, -0.05) is 18.2 Å². The molecule has 8 heteroatoms. The molecule has 2 N–H and O–H groups in total. The van der Waals surface area contributed by atoms with Crippen LogP contribution in [0.3, 0.4) is 0 Å². The summed E-state index contributed by atoms with van der Waals surface area (Å²) in [6, 6.07) is 15.1. The van der Waals surface area contributed by atoms with Crippen LogP contribution in [0.1, 0.15) is 48.1 Å². The second-order valence-corrected chi connectivity index (χ2v) is 11.0. The van der Waals surface area contributed by atoms with Gasteiger partial charge >= 0.3 is 0 Å². The lowest BCUT2D eigenvalue weighted by Gasteiger charge is -2.27. The lowest BCUT2D eigenvalue weighted by atomic mass is 9.83. The van der Waals surface area contributed by atoms with Crippen LogP contribution in [0.2, 0.25) is 0 Å². The van der Waals surface area contributed by atoms with Gasteiger partial charge in [0, 0.05) is 50.0 Å². The maximum absolute atomic E-state index is 11.9. The lowest BCUT2D eigenvalue weighted by molar-refractivity contribution is 0.0626. The highest BCUT2D eigenvalue weighted by molar-refractivity contribution is 7.90. The van der Waals surface area contributed by atoms with Crippen molar-refractivity contribution in [1.82, 2.24) is 9.97 Å². The second kappa shape index (κ2) is 10.8. The van der Waals surface area contributed by atoms with E-state index in [1.54, 1.807) is 25.4 Å². The van der Waals surface area contributed by atoms with Crippen LogP contribution in [0.4, 0.5) is 0 Å². The van der Waals surface area contributed by atoms with Crippen LogP contribution in [0, 0.1) is 5.92 Å². The SMILES string of the molecule is COCC(O)c1ccc(-c2ccc(C(CC3CCOCC3)c3ccc(S(C)(=O)=O)cc3)[nH]2)nc1. The van der Waals surface area contributed by atoms with E-state index in [2.05, 4.69) is 16.0 Å². The number of sulfone groups is 1. The van der Waals surface area contributed by atoms with Gasteiger partial charge in [-0.3, -0.25) is 4.98 Å². The molecule has 182 valence electrons. The first-order valence-corrected chi connectivity index (χ1v) is 13.4. The van der Waals surface area contributed by atoms with Gasteiger partial charge in [0.15, 0.2) is 9.84 Å². The molecule has 7 nitrogen and oxygen atoms in total. The number of aromatic amines is 1. The largest absolute Gasteiger partial charge is 0.386 e. The van der Waals surface area contributed by atoms with E-state index in [-0.39, 0.29) is 12.5 Å². The van der Waals surface area contributed by atoms with Crippen molar-refractivity contribution in [2.45, 2.75) is 36.2 Å². The smallest absolute Gasteiger partial charge is 0.175 e. The highest BCUT2D eigenvalue weighted by atomic mass is 32.2. The molecule has 0 saturated carbocycles. The van der Waals surface area contributed by atoms with Crippen LogP contribution < -0.4 is 0 Å². The van der Waals surface area contributed by atoms with Gasteiger partial charge < -0.3 is 19.6 Å². The minimum Gasteiger partial charge on any atom is -0.386 e. The van der Waals surface area contributed by atoms with Gasteiger partial charge in [0.25, 0.3) is 0 Å². The summed E-state index contributed by atoms with van der Waals surface area (Å²) in [6.07, 6.45) is 5.20. The Morgan fingerprint density at radius 2 is 1.79 bits per heavy atom. The van der Waals surface area contributed by atoms with E-state index in [0.29, 0.717) is 16.4 Å². The van der Waals surface area contributed by atoms with Crippen molar-refractivity contribution in [3.8, 4) is 11.4 Å². The Labute approximate surface area is 201 Å². The fourth-order valence-corrected chi connectivity index (χ4v) is 5.12. The molecule has 1 saturated heterocycles. The number of hydrogen-bond acceptors (Lipinski definition) is 6. The van der Waals surface area contributed by atoms with E-state index in [0.717, 1.165) is 55.1 Å². The van der Waals surface area contributed by atoms with Crippen LogP contribution in [-0.2, 0) is 19.3 Å². The summed E-state index contributed by atoms with van der Waals surface area (Å²) in [5.74, 6) is 0.646. The first-order valence-electron chi connectivity index (χ1n) is 11.5. The summed E-state index contributed by atoms with van der Waals surface area (Å²) in [4.78, 5) is 8.39. The first-order chi connectivity index (χ1) is 16.3. The maximum Gasteiger partial charge on any atom is 0.175 e. The van der Waals surface area contributed by atoms with Gasteiger partial charge in [0.05, 0.1) is 22.9 Å². The van der Waals surface area contributed by atoms with Crippen molar-refractivity contribution in [2.24, 2.45) is 5.92 Å². The van der Waals surface area contributed by atoms with Gasteiger partial charge in [0.1, 0.15) is 6.10 Å². The predicted octanol–water partition coefficient (Wildman–Crippen LogP) is 4.11. The lowest BCUT2D eigenvalue weighted by Crippen LogP contribution is -2.18. The summed E-state index contributed by atoms with van der Waals surface area (Å²) in [6.45, 7) is 1.79. The predicted molar refractivity (Wildman–Crippen MR) is 130 cm³/mol. The highest BCUT2D eigenvalue weighted by Crippen LogP contribution is 2.35. The molecule has 0 amide bonds. The molecule has 1 fully saturated rings. The minimum atomic E-state index is -3.24. The van der Waals surface area contributed by atoms with Crippen LogP contribution in [0.15, 0.2) is 59.6 Å². The molecule has 2 unspecified atom stereocenters. The number of ether oxygens (including phenoxy) is 2. The summed E-state index contributed by atoms with van der Waals surface area (Å²) >= 11 is 0. The van der Waals surface area contributed by atoms with E-state index in [1.165, 1.54) is 6.26 Å². The number of methoxy groups -OCH3 is 1. The Morgan fingerprint density at radius 1 is 1.09 bits per heavy atom. The molecule has 0 spiro atoms. The first kappa shape index (κ1) is 24.6. The summed E-state index contributed by atoms with van der Waals surface area (Å²) in [7, 11) is -1.69. The van der Waals surface area contributed by atoms with E-state index < -0.39 is 15.9 Å². The summed E-state index contributed by atoms with van der Waals surface area (Å²) in [5.41, 5.74) is 4.54. The summed E-state index contributed by atoms with van der Waals surface area (Å²) in [5, 5.41) is 10.1. The molecule has 4 rings (SSSR count). The van der Waals surface area contributed by atoms with Crippen LogP contribution >= 0.6 is 0 Å². The van der Waals surface area contributed by atoms with Crippen LogP contribution in [0.5, 0.6) is 0 Å². The van der Waals surface area contributed by atoms with Gasteiger partial charge in [-0.2, -0.15) is 0 Å². The monoisotopic (exact) mass is 484 g/mol. The third kappa shape index (κ3) is 5.93. The number of aliphatic hydroxyl groups excluding tert-OH is 1. The molecule has 34 heavy (non-hydrogen) atoms. The van der Waals surface area contributed by atoms with Gasteiger partial charge in [-0.05, 0) is 61.1 Å². The van der Waals surface area contributed by atoms with Crippen molar-refractivity contribution in [3.63, 3.8) is 0 Å². The van der Waals surface area contributed by atoms with Crippen molar-refractivity contribution in [1.29, 1.82) is 0 Å². The third-order valence-electron chi connectivity index (χ3n) is 6.48. The van der Waals surface area contributed by atoms with Gasteiger partial charge in [-0.15, -0.1) is 0 Å². The highest BCUT2D eigenvalue weighted by Gasteiger charge is 2.24. The Bertz CT molecular complexity index is 1170. The Hall–Kier alpha value is -2.52. The number of pyridine rings is 1. The van der Waals surface area contributed by atoms with Crippen molar-refractivity contribution in [2.75, 3.05) is 33.2 Å². The van der Waals surface area contributed by atoms with Gasteiger partial charge in [-0.25, -0.2) is 8.42 Å². The number of benzene rings is 1. The molecule has 0 aliphatic carbocycles. The second-order valence-electron chi connectivity index (χ2n) is 8.96. The quantitative estimate of drug-likeness (QED) is 0.474. The number of H-pyrrole nitrogens is 1.